The Balaban J connectivity index is 2.31. The van der Waals surface area contributed by atoms with E-state index in [1.54, 1.807) is 17.6 Å². The highest BCUT2D eigenvalue weighted by Gasteiger charge is 2.26. The Morgan fingerprint density at radius 1 is 1.08 bits per heavy atom. The first-order valence-electron chi connectivity index (χ1n) is 8.95. The van der Waals surface area contributed by atoms with Gasteiger partial charge in [-0.25, -0.2) is 9.87 Å². The first-order valence-corrected chi connectivity index (χ1v) is 8.95. The standard InChI is InChI=1S/C21H26FNO3/c1-3-15-5-7-16(8-6-15)13-19(17-9-11-18(22)12-10-17)20(26-4-2)14-21(24)23-25/h5-12,19-20,25H,3-4,13-14H2,1-2H3,(H,23,24)/t19?,20-/m1/s1. The summed E-state index contributed by atoms with van der Waals surface area (Å²) in [4.78, 5) is 11.7. The molecule has 0 fully saturated rings. The van der Waals surface area contributed by atoms with Crippen molar-refractivity contribution in [3.63, 3.8) is 0 Å². The molecule has 2 atom stereocenters. The zero-order valence-electron chi connectivity index (χ0n) is 15.2. The monoisotopic (exact) mass is 359 g/mol. The maximum absolute atomic E-state index is 13.3. The summed E-state index contributed by atoms with van der Waals surface area (Å²) in [7, 11) is 0. The van der Waals surface area contributed by atoms with E-state index in [1.807, 2.05) is 6.92 Å². The van der Waals surface area contributed by atoms with E-state index in [0.29, 0.717) is 13.0 Å². The molecule has 0 saturated heterocycles. The highest BCUT2D eigenvalue weighted by Crippen LogP contribution is 2.29. The second kappa shape index (κ2) is 10.0. The van der Waals surface area contributed by atoms with Crippen LogP contribution in [0.3, 0.4) is 0 Å². The number of rotatable bonds is 9. The largest absolute Gasteiger partial charge is 0.377 e. The Hall–Kier alpha value is -2.24. The molecule has 1 unspecified atom stereocenters. The van der Waals surface area contributed by atoms with Crippen molar-refractivity contribution < 1.29 is 19.1 Å². The summed E-state index contributed by atoms with van der Waals surface area (Å²) in [6.45, 7) is 4.41. The summed E-state index contributed by atoms with van der Waals surface area (Å²) in [5.74, 6) is -0.946. The predicted molar refractivity (Wildman–Crippen MR) is 98.6 cm³/mol. The molecule has 2 N–H and O–H groups in total. The van der Waals surface area contributed by atoms with Crippen molar-refractivity contribution in [2.24, 2.45) is 0 Å². The SMILES string of the molecule is CCO[C@H](CC(=O)NO)C(Cc1ccc(CC)cc1)c1ccc(F)cc1. The average Bonchev–Trinajstić information content (AvgIpc) is 2.67. The third kappa shape index (κ3) is 5.64. The van der Waals surface area contributed by atoms with Crippen LogP contribution in [0.2, 0.25) is 0 Å². The van der Waals surface area contributed by atoms with Gasteiger partial charge in [0.2, 0.25) is 5.91 Å². The molecule has 2 aromatic rings. The van der Waals surface area contributed by atoms with Gasteiger partial charge in [0.1, 0.15) is 5.82 Å². The predicted octanol–water partition coefficient (Wildman–Crippen LogP) is 4.02. The van der Waals surface area contributed by atoms with Gasteiger partial charge >= 0.3 is 0 Å². The minimum absolute atomic E-state index is 0.0272. The molecule has 0 bridgehead atoms. The van der Waals surface area contributed by atoms with Crippen molar-refractivity contribution in [2.75, 3.05) is 6.61 Å². The molecule has 2 rings (SSSR count). The molecule has 0 saturated carbocycles. The quantitative estimate of drug-likeness (QED) is 0.525. The first kappa shape index (κ1) is 20.1. The van der Waals surface area contributed by atoms with E-state index in [2.05, 4.69) is 31.2 Å². The van der Waals surface area contributed by atoms with Crippen LogP contribution >= 0.6 is 0 Å². The zero-order chi connectivity index (χ0) is 18.9. The van der Waals surface area contributed by atoms with Crippen molar-refractivity contribution >= 4 is 5.91 Å². The molecule has 0 aliphatic heterocycles. The molecular formula is C21H26FNO3. The van der Waals surface area contributed by atoms with Crippen LogP contribution in [0.25, 0.3) is 0 Å². The van der Waals surface area contributed by atoms with E-state index < -0.39 is 12.0 Å². The van der Waals surface area contributed by atoms with Gasteiger partial charge in [0.25, 0.3) is 0 Å². The normalized spacial score (nSPS) is 13.2. The highest BCUT2D eigenvalue weighted by molar-refractivity contribution is 5.75. The molecule has 0 heterocycles. The Bertz CT molecular complexity index is 685. The fraction of sp³-hybridized carbons (Fsp3) is 0.381. The Labute approximate surface area is 154 Å². The number of hydroxylamine groups is 1. The van der Waals surface area contributed by atoms with Crippen LogP contribution in [0.1, 0.15) is 42.9 Å². The van der Waals surface area contributed by atoms with Crippen molar-refractivity contribution in [1.29, 1.82) is 0 Å². The second-order valence-electron chi connectivity index (χ2n) is 6.27. The van der Waals surface area contributed by atoms with Crippen LogP contribution in [0, 0.1) is 5.82 Å². The molecule has 0 aliphatic rings. The van der Waals surface area contributed by atoms with Gasteiger partial charge in [-0.15, -0.1) is 0 Å². The lowest BCUT2D eigenvalue weighted by atomic mass is 9.85. The minimum Gasteiger partial charge on any atom is -0.377 e. The number of benzene rings is 2. The maximum Gasteiger partial charge on any atom is 0.245 e. The van der Waals surface area contributed by atoms with Gasteiger partial charge in [-0.2, -0.15) is 0 Å². The lowest BCUT2D eigenvalue weighted by molar-refractivity contribution is -0.132. The van der Waals surface area contributed by atoms with Crippen molar-refractivity contribution in [3.8, 4) is 0 Å². The van der Waals surface area contributed by atoms with Crippen LogP contribution in [0.5, 0.6) is 0 Å². The van der Waals surface area contributed by atoms with Crippen LogP contribution in [-0.2, 0) is 22.4 Å². The molecule has 0 aromatic heterocycles. The van der Waals surface area contributed by atoms with Gasteiger partial charge in [-0.05, 0) is 48.6 Å². The van der Waals surface area contributed by atoms with E-state index in [4.69, 9.17) is 9.94 Å². The number of hydrogen-bond donors (Lipinski definition) is 2. The number of hydrogen-bond acceptors (Lipinski definition) is 3. The molecule has 5 heteroatoms. The number of carbonyl (C=O) groups excluding carboxylic acids is 1. The number of ether oxygens (including phenoxy) is 1. The third-order valence-electron chi connectivity index (χ3n) is 4.53. The maximum atomic E-state index is 13.3. The summed E-state index contributed by atoms with van der Waals surface area (Å²) in [5.41, 5.74) is 4.94. The van der Waals surface area contributed by atoms with Gasteiger partial charge in [-0.3, -0.25) is 10.0 Å². The van der Waals surface area contributed by atoms with Gasteiger partial charge in [0.05, 0.1) is 12.5 Å². The Morgan fingerprint density at radius 3 is 2.23 bits per heavy atom. The molecule has 0 aliphatic carbocycles. The van der Waals surface area contributed by atoms with E-state index >= 15 is 0 Å². The zero-order valence-corrected chi connectivity index (χ0v) is 15.2. The first-order chi connectivity index (χ1) is 12.6. The molecule has 4 nitrogen and oxygen atoms in total. The van der Waals surface area contributed by atoms with E-state index in [0.717, 1.165) is 17.5 Å². The summed E-state index contributed by atoms with van der Waals surface area (Å²) < 4.78 is 19.2. The molecule has 0 spiro atoms. The van der Waals surface area contributed by atoms with E-state index in [9.17, 15) is 9.18 Å². The number of aryl methyl sites for hydroxylation is 1. The van der Waals surface area contributed by atoms with Crippen molar-refractivity contribution in [2.45, 2.75) is 45.1 Å². The highest BCUT2D eigenvalue weighted by atomic mass is 19.1. The number of halogens is 1. The summed E-state index contributed by atoms with van der Waals surface area (Å²) >= 11 is 0. The fourth-order valence-electron chi connectivity index (χ4n) is 3.10. The number of carbonyl (C=O) groups is 1. The molecule has 0 radical (unpaired) electrons. The Morgan fingerprint density at radius 2 is 1.69 bits per heavy atom. The lowest BCUT2D eigenvalue weighted by Crippen LogP contribution is -2.31. The topological polar surface area (TPSA) is 58.6 Å². The molecular weight excluding hydrogens is 333 g/mol. The summed E-state index contributed by atoms with van der Waals surface area (Å²) in [6, 6.07) is 14.6. The molecule has 26 heavy (non-hydrogen) atoms. The van der Waals surface area contributed by atoms with Gasteiger partial charge < -0.3 is 4.74 Å². The lowest BCUT2D eigenvalue weighted by Gasteiger charge is -2.27. The smallest absolute Gasteiger partial charge is 0.245 e. The van der Waals surface area contributed by atoms with E-state index in [1.165, 1.54) is 17.7 Å². The van der Waals surface area contributed by atoms with Gasteiger partial charge in [0.15, 0.2) is 0 Å². The molecule has 140 valence electrons. The van der Waals surface area contributed by atoms with Crippen LogP contribution in [0.15, 0.2) is 48.5 Å². The van der Waals surface area contributed by atoms with Gasteiger partial charge in [0, 0.05) is 12.5 Å². The second-order valence-corrected chi connectivity index (χ2v) is 6.27. The molecule has 2 aromatic carbocycles. The van der Waals surface area contributed by atoms with Crippen LogP contribution in [-0.4, -0.2) is 23.8 Å². The minimum atomic E-state index is -0.503. The Kier molecular flexibility index (Phi) is 7.75. The van der Waals surface area contributed by atoms with Crippen LogP contribution < -0.4 is 5.48 Å². The van der Waals surface area contributed by atoms with Crippen molar-refractivity contribution in [3.05, 3.63) is 71.0 Å². The van der Waals surface area contributed by atoms with E-state index in [-0.39, 0.29) is 18.2 Å². The fourth-order valence-corrected chi connectivity index (χ4v) is 3.10. The van der Waals surface area contributed by atoms with Crippen molar-refractivity contribution in [1.82, 2.24) is 5.48 Å². The number of nitrogens with one attached hydrogen (secondary N) is 1. The average molecular weight is 359 g/mol. The summed E-state index contributed by atoms with van der Waals surface area (Å²) in [6.07, 6.45) is 1.22. The number of amides is 1. The van der Waals surface area contributed by atoms with Gasteiger partial charge in [-0.1, -0.05) is 43.3 Å². The molecule has 1 amide bonds. The third-order valence-corrected chi connectivity index (χ3v) is 4.53. The van der Waals surface area contributed by atoms with Crippen LogP contribution in [0.4, 0.5) is 4.39 Å². The summed E-state index contributed by atoms with van der Waals surface area (Å²) in [5, 5.41) is 8.88.